The molecular weight excluding hydrogens is 479 g/mol. The Kier molecular flexibility index (Phi) is 9.91. The Morgan fingerprint density at radius 3 is 2.43 bits per heavy atom. The highest BCUT2D eigenvalue weighted by atomic mass is 127. The number of ether oxygens (including phenoxy) is 1. The number of alkyl halides is 2. The molecule has 1 aromatic carbocycles. The Bertz CT molecular complexity index is 756. The van der Waals surface area contributed by atoms with Crippen molar-refractivity contribution in [1.29, 1.82) is 0 Å². The van der Waals surface area contributed by atoms with Crippen LogP contribution in [0.25, 0.3) is 0 Å². The third-order valence-corrected chi connectivity index (χ3v) is 3.87. The van der Waals surface area contributed by atoms with Crippen molar-refractivity contribution in [3.05, 3.63) is 53.7 Å². The van der Waals surface area contributed by atoms with Gasteiger partial charge in [-0.2, -0.15) is 8.78 Å². The van der Waals surface area contributed by atoms with E-state index in [0.29, 0.717) is 13.1 Å². The van der Waals surface area contributed by atoms with E-state index in [1.54, 1.807) is 25.4 Å². The molecule has 9 heteroatoms. The second-order valence-corrected chi connectivity index (χ2v) is 6.16. The summed E-state index contributed by atoms with van der Waals surface area (Å²) >= 11 is 0. The van der Waals surface area contributed by atoms with Crippen LogP contribution in [-0.2, 0) is 13.1 Å². The molecular formula is C19H26F2IN5O. The van der Waals surface area contributed by atoms with Crippen LogP contribution in [-0.4, -0.2) is 50.6 Å². The van der Waals surface area contributed by atoms with Crippen LogP contribution in [0.4, 0.5) is 14.6 Å². The molecule has 0 radical (unpaired) electrons. The summed E-state index contributed by atoms with van der Waals surface area (Å²) in [4.78, 5) is 12.6. The monoisotopic (exact) mass is 505 g/mol. The van der Waals surface area contributed by atoms with Crippen LogP contribution < -0.4 is 15.0 Å². The van der Waals surface area contributed by atoms with Crippen LogP contribution in [0.5, 0.6) is 5.75 Å². The molecule has 0 unspecified atom stereocenters. The van der Waals surface area contributed by atoms with Gasteiger partial charge in [0.25, 0.3) is 0 Å². The van der Waals surface area contributed by atoms with Crippen molar-refractivity contribution in [1.82, 2.24) is 15.2 Å². The van der Waals surface area contributed by atoms with Gasteiger partial charge in [-0.05, 0) is 23.8 Å². The predicted octanol–water partition coefficient (Wildman–Crippen LogP) is 3.57. The lowest BCUT2D eigenvalue weighted by Gasteiger charge is -2.23. The molecule has 0 amide bonds. The number of nitrogens with one attached hydrogen (secondary N) is 1. The summed E-state index contributed by atoms with van der Waals surface area (Å²) < 4.78 is 28.8. The molecule has 0 fully saturated rings. The first-order valence-electron chi connectivity index (χ1n) is 8.47. The number of halogens is 3. The van der Waals surface area contributed by atoms with E-state index in [4.69, 9.17) is 0 Å². The van der Waals surface area contributed by atoms with Crippen molar-refractivity contribution in [2.45, 2.75) is 19.7 Å². The number of rotatable bonds is 7. The number of hydrogen-bond donors (Lipinski definition) is 1. The molecule has 0 saturated heterocycles. The molecule has 6 nitrogen and oxygen atoms in total. The lowest BCUT2D eigenvalue weighted by molar-refractivity contribution is -0.0498. The van der Waals surface area contributed by atoms with Gasteiger partial charge in [0.05, 0.1) is 0 Å². The Morgan fingerprint density at radius 2 is 1.86 bits per heavy atom. The van der Waals surface area contributed by atoms with Gasteiger partial charge in [-0.1, -0.05) is 18.2 Å². The number of aromatic nitrogens is 1. The normalized spacial score (nSPS) is 11.0. The molecule has 1 N–H and O–H groups in total. The Balaban J connectivity index is 0.00000392. The smallest absolute Gasteiger partial charge is 0.387 e. The van der Waals surface area contributed by atoms with Crippen molar-refractivity contribution < 1.29 is 13.5 Å². The summed E-state index contributed by atoms with van der Waals surface area (Å²) in [5.74, 6) is 1.76. The van der Waals surface area contributed by atoms with Gasteiger partial charge in [-0.25, -0.2) is 4.98 Å². The maximum atomic E-state index is 12.2. The van der Waals surface area contributed by atoms with Gasteiger partial charge in [0.1, 0.15) is 11.6 Å². The first-order valence-corrected chi connectivity index (χ1v) is 8.47. The Hall–Kier alpha value is -2.17. The standard InChI is InChI=1S/C19H25F2N5O.HI/c1-22-19(24-12-15-6-5-11-23-17(15)25(2)3)26(4)13-14-7-9-16(10-8-14)27-18(20)21;/h5-11,18H,12-13H2,1-4H3,(H,22,24);1H. The third kappa shape index (κ3) is 7.10. The fourth-order valence-electron chi connectivity index (χ4n) is 2.65. The highest BCUT2D eigenvalue weighted by molar-refractivity contribution is 14.0. The summed E-state index contributed by atoms with van der Waals surface area (Å²) in [6, 6.07) is 10.5. The van der Waals surface area contributed by atoms with Gasteiger partial charge in [-0.15, -0.1) is 24.0 Å². The van der Waals surface area contributed by atoms with E-state index in [1.807, 2.05) is 43.1 Å². The zero-order valence-electron chi connectivity index (χ0n) is 16.4. The molecule has 0 saturated carbocycles. The van der Waals surface area contributed by atoms with Crippen LogP contribution >= 0.6 is 24.0 Å². The second kappa shape index (κ2) is 11.6. The summed E-state index contributed by atoms with van der Waals surface area (Å²) in [7, 11) is 7.53. The summed E-state index contributed by atoms with van der Waals surface area (Å²) in [6.07, 6.45) is 1.77. The minimum absolute atomic E-state index is 0. The quantitative estimate of drug-likeness (QED) is 0.355. The van der Waals surface area contributed by atoms with Crippen molar-refractivity contribution in [2.75, 3.05) is 33.1 Å². The van der Waals surface area contributed by atoms with Crippen molar-refractivity contribution in [2.24, 2.45) is 4.99 Å². The van der Waals surface area contributed by atoms with Gasteiger partial charge < -0.3 is 19.9 Å². The average Bonchev–Trinajstić information content (AvgIpc) is 2.63. The second-order valence-electron chi connectivity index (χ2n) is 6.16. The number of nitrogens with zero attached hydrogens (tertiary/aromatic N) is 4. The number of aliphatic imine (C=N–C) groups is 1. The molecule has 0 aliphatic rings. The molecule has 2 aromatic rings. The number of anilines is 1. The minimum atomic E-state index is -2.82. The summed E-state index contributed by atoms with van der Waals surface area (Å²) in [5, 5.41) is 3.32. The molecule has 0 aliphatic heterocycles. The zero-order valence-corrected chi connectivity index (χ0v) is 18.7. The topological polar surface area (TPSA) is 53.0 Å². The van der Waals surface area contributed by atoms with Crippen molar-refractivity contribution >= 4 is 35.8 Å². The fraction of sp³-hybridized carbons (Fsp3) is 0.368. The molecule has 0 aliphatic carbocycles. The number of hydrogen-bond acceptors (Lipinski definition) is 4. The van der Waals surface area contributed by atoms with Crippen LogP contribution in [0.15, 0.2) is 47.6 Å². The van der Waals surface area contributed by atoms with Gasteiger partial charge in [0, 0.05) is 53.0 Å². The van der Waals surface area contributed by atoms with Gasteiger partial charge in [0.15, 0.2) is 5.96 Å². The van der Waals surface area contributed by atoms with Gasteiger partial charge >= 0.3 is 6.61 Å². The van der Waals surface area contributed by atoms with Gasteiger partial charge in [-0.3, -0.25) is 4.99 Å². The number of pyridine rings is 1. The molecule has 154 valence electrons. The van der Waals surface area contributed by atoms with E-state index in [1.165, 1.54) is 12.1 Å². The number of guanidine groups is 1. The fourth-order valence-corrected chi connectivity index (χ4v) is 2.65. The lowest BCUT2D eigenvalue weighted by Crippen LogP contribution is -2.38. The van der Waals surface area contributed by atoms with E-state index >= 15 is 0 Å². The van der Waals surface area contributed by atoms with E-state index in [-0.39, 0.29) is 29.7 Å². The average molecular weight is 505 g/mol. The SMILES string of the molecule is CN=C(NCc1cccnc1N(C)C)N(C)Cc1ccc(OC(F)F)cc1.I. The first-order chi connectivity index (χ1) is 12.9. The first kappa shape index (κ1) is 23.9. The molecule has 2 rings (SSSR count). The highest BCUT2D eigenvalue weighted by Gasteiger charge is 2.10. The maximum Gasteiger partial charge on any atom is 0.387 e. The molecule has 0 atom stereocenters. The molecule has 0 bridgehead atoms. The largest absolute Gasteiger partial charge is 0.435 e. The van der Waals surface area contributed by atoms with Crippen molar-refractivity contribution in [3.63, 3.8) is 0 Å². The van der Waals surface area contributed by atoms with Crippen LogP contribution in [0.1, 0.15) is 11.1 Å². The van der Waals surface area contributed by atoms with Crippen molar-refractivity contribution in [3.8, 4) is 5.75 Å². The van der Waals surface area contributed by atoms with E-state index in [2.05, 4.69) is 20.0 Å². The molecule has 1 aromatic heterocycles. The molecule has 28 heavy (non-hydrogen) atoms. The Morgan fingerprint density at radius 1 is 1.18 bits per heavy atom. The van der Waals surface area contributed by atoms with Crippen LogP contribution in [0.3, 0.4) is 0 Å². The third-order valence-electron chi connectivity index (χ3n) is 3.87. The molecule has 0 spiro atoms. The maximum absolute atomic E-state index is 12.2. The minimum Gasteiger partial charge on any atom is -0.435 e. The highest BCUT2D eigenvalue weighted by Crippen LogP contribution is 2.16. The van der Waals surface area contributed by atoms with E-state index < -0.39 is 6.61 Å². The summed E-state index contributed by atoms with van der Waals surface area (Å²) in [6.45, 7) is -1.66. The van der Waals surface area contributed by atoms with Crippen LogP contribution in [0.2, 0.25) is 0 Å². The number of benzene rings is 1. The predicted molar refractivity (Wildman–Crippen MR) is 119 cm³/mol. The summed E-state index contributed by atoms with van der Waals surface area (Å²) in [5.41, 5.74) is 2.02. The molecule has 1 heterocycles. The lowest BCUT2D eigenvalue weighted by atomic mass is 10.2. The van der Waals surface area contributed by atoms with E-state index in [0.717, 1.165) is 22.9 Å². The zero-order chi connectivity index (χ0) is 19.8. The van der Waals surface area contributed by atoms with E-state index in [9.17, 15) is 8.78 Å². The van der Waals surface area contributed by atoms with Gasteiger partial charge in [0.2, 0.25) is 0 Å². The Labute approximate surface area is 181 Å². The van der Waals surface area contributed by atoms with Crippen LogP contribution in [0, 0.1) is 0 Å².